The van der Waals surface area contributed by atoms with E-state index in [4.69, 9.17) is 0 Å². The van der Waals surface area contributed by atoms with Gasteiger partial charge in [0.25, 0.3) is 0 Å². The molecular weight excluding hydrogens is 438 g/mol. The van der Waals surface area contributed by atoms with Gasteiger partial charge < -0.3 is 15.2 Å². The normalized spacial score (nSPS) is 15.9. The number of likely N-dealkylation sites (tertiary alicyclic amines) is 1. The van der Waals surface area contributed by atoms with Crippen LogP contribution in [-0.2, 0) is 20.8 Å². The molecule has 0 unspecified atom stereocenters. The minimum absolute atomic E-state index is 0.0538. The van der Waals surface area contributed by atoms with Crippen molar-refractivity contribution in [3.8, 4) is 11.8 Å². The molecule has 0 radical (unpaired) electrons. The third-order valence-corrected chi connectivity index (χ3v) is 6.53. The number of carbonyl (C=O) groups is 3. The molecule has 6 heteroatoms. The second-order valence-corrected chi connectivity index (χ2v) is 9.02. The van der Waals surface area contributed by atoms with Crippen molar-refractivity contribution in [3.63, 3.8) is 0 Å². The van der Waals surface area contributed by atoms with E-state index in [9.17, 15) is 14.4 Å². The van der Waals surface area contributed by atoms with Gasteiger partial charge in [0.2, 0.25) is 11.8 Å². The molecule has 0 saturated carbocycles. The van der Waals surface area contributed by atoms with E-state index >= 15 is 0 Å². The number of hydrogen-bond acceptors (Lipinski definition) is 3. The van der Waals surface area contributed by atoms with Crippen LogP contribution in [0.25, 0.3) is 10.9 Å². The Morgan fingerprint density at radius 2 is 1.94 bits per heavy atom. The third kappa shape index (κ3) is 5.81. The second kappa shape index (κ2) is 11.1. The summed E-state index contributed by atoms with van der Waals surface area (Å²) in [7, 11) is 0. The van der Waals surface area contributed by atoms with E-state index in [2.05, 4.69) is 22.1 Å². The number of aromatic amines is 1. The molecule has 6 nitrogen and oxygen atoms in total. The van der Waals surface area contributed by atoms with Crippen molar-refractivity contribution in [3.05, 3.63) is 71.4 Å². The van der Waals surface area contributed by atoms with Gasteiger partial charge >= 0.3 is 0 Å². The standard InChI is InChI=1S/C29H31N3O3/c1-3-25(22-9-5-4-6-10-22)29(35)32-16-8-12-27(32)28(34)18-21-13-14-26-23(17-21)19-24(31-26)11-7-15-30-20(2)33/h4-6,9-10,13-14,17,19,25,27,31H,3,8,12,15-16,18H2,1-2H3,(H,30,33)/t25-,27+/m1/s1. The van der Waals surface area contributed by atoms with Crippen molar-refractivity contribution in [2.24, 2.45) is 0 Å². The van der Waals surface area contributed by atoms with E-state index < -0.39 is 0 Å². The Balaban J connectivity index is 1.45. The summed E-state index contributed by atoms with van der Waals surface area (Å²) < 4.78 is 0. The lowest BCUT2D eigenvalue weighted by atomic mass is 9.94. The molecule has 1 aliphatic rings. The third-order valence-electron chi connectivity index (χ3n) is 6.53. The predicted octanol–water partition coefficient (Wildman–Crippen LogP) is 3.95. The predicted molar refractivity (Wildman–Crippen MR) is 137 cm³/mol. The molecule has 2 atom stereocenters. The highest BCUT2D eigenvalue weighted by Gasteiger charge is 2.36. The van der Waals surface area contributed by atoms with Gasteiger partial charge in [-0.25, -0.2) is 0 Å². The maximum absolute atomic E-state index is 13.4. The van der Waals surface area contributed by atoms with Crippen molar-refractivity contribution < 1.29 is 14.4 Å². The first-order valence-corrected chi connectivity index (χ1v) is 12.2. The average Bonchev–Trinajstić information content (AvgIpc) is 3.50. The number of benzene rings is 2. The minimum Gasteiger partial charge on any atom is -0.348 e. The van der Waals surface area contributed by atoms with Crippen LogP contribution in [0, 0.1) is 11.8 Å². The quantitative estimate of drug-likeness (QED) is 0.514. The number of nitrogens with one attached hydrogen (secondary N) is 2. The molecule has 180 valence electrons. The zero-order valence-electron chi connectivity index (χ0n) is 20.3. The zero-order valence-corrected chi connectivity index (χ0v) is 20.3. The topological polar surface area (TPSA) is 82.3 Å². The van der Waals surface area contributed by atoms with E-state index in [0.717, 1.165) is 40.6 Å². The molecule has 1 fully saturated rings. The molecule has 1 aliphatic heterocycles. The summed E-state index contributed by atoms with van der Waals surface area (Å²) in [4.78, 5) is 42.7. The highest BCUT2D eigenvalue weighted by molar-refractivity contribution is 5.93. The number of H-pyrrole nitrogens is 1. The van der Waals surface area contributed by atoms with Gasteiger partial charge in [0, 0.05) is 30.8 Å². The van der Waals surface area contributed by atoms with E-state index in [1.807, 2.05) is 61.5 Å². The number of nitrogens with zero attached hydrogens (tertiary/aromatic N) is 1. The number of carbonyl (C=O) groups excluding carboxylic acids is 3. The molecule has 4 rings (SSSR count). The van der Waals surface area contributed by atoms with Gasteiger partial charge in [0.05, 0.1) is 24.2 Å². The van der Waals surface area contributed by atoms with Crippen LogP contribution in [0.4, 0.5) is 0 Å². The molecule has 1 aromatic heterocycles. The van der Waals surface area contributed by atoms with Gasteiger partial charge in [-0.2, -0.15) is 0 Å². The second-order valence-electron chi connectivity index (χ2n) is 9.02. The highest BCUT2D eigenvalue weighted by atomic mass is 16.2. The zero-order chi connectivity index (χ0) is 24.8. The summed E-state index contributed by atoms with van der Waals surface area (Å²) in [5.74, 6) is 5.74. The summed E-state index contributed by atoms with van der Waals surface area (Å²) in [6.45, 7) is 4.41. The van der Waals surface area contributed by atoms with Crippen LogP contribution < -0.4 is 5.32 Å². The molecule has 35 heavy (non-hydrogen) atoms. The lowest BCUT2D eigenvalue weighted by Gasteiger charge is -2.28. The van der Waals surface area contributed by atoms with Gasteiger partial charge in [0.15, 0.2) is 5.78 Å². The van der Waals surface area contributed by atoms with Crippen LogP contribution in [0.1, 0.15) is 55.8 Å². The summed E-state index contributed by atoms with van der Waals surface area (Å²) in [6.07, 6.45) is 2.57. The first-order chi connectivity index (χ1) is 17.0. The number of amides is 2. The molecule has 2 amide bonds. The Hall–Kier alpha value is -3.85. The minimum atomic E-state index is -0.364. The molecular formula is C29H31N3O3. The molecule has 0 aliphatic carbocycles. The van der Waals surface area contributed by atoms with E-state index in [1.54, 1.807) is 4.90 Å². The lowest BCUT2D eigenvalue weighted by Crippen LogP contribution is -2.43. The van der Waals surface area contributed by atoms with Crippen molar-refractivity contribution >= 4 is 28.5 Å². The van der Waals surface area contributed by atoms with Crippen LogP contribution in [0.5, 0.6) is 0 Å². The molecule has 2 aromatic carbocycles. The van der Waals surface area contributed by atoms with Gasteiger partial charge in [-0.05, 0) is 54.5 Å². The Morgan fingerprint density at radius 3 is 2.69 bits per heavy atom. The van der Waals surface area contributed by atoms with Crippen molar-refractivity contribution in [1.82, 2.24) is 15.2 Å². The van der Waals surface area contributed by atoms with Crippen LogP contribution in [0.3, 0.4) is 0 Å². The number of hydrogen-bond donors (Lipinski definition) is 2. The molecule has 0 bridgehead atoms. The van der Waals surface area contributed by atoms with E-state index in [-0.39, 0.29) is 29.6 Å². The van der Waals surface area contributed by atoms with E-state index in [0.29, 0.717) is 25.9 Å². The van der Waals surface area contributed by atoms with Gasteiger partial charge in [-0.15, -0.1) is 0 Å². The summed E-state index contributed by atoms with van der Waals surface area (Å²) in [5, 5.41) is 3.63. The lowest BCUT2D eigenvalue weighted by molar-refractivity contribution is -0.138. The summed E-state index contributed by atoms with van der Waals surface area (Å²) in [5.41, 5.74) is 3.63. The Labute approximate surface area is 206 Å². The highest BCUT2D eigenvalue weighted by Crippen LogP contribution is 2.28. The maximum atomic E-state index is 13.4. The molecule has 2 heterocycles. The van der Waals surface area contributed by atoms with Gasteiger partial charge in [-0.3, -0.25) is 14.4 Å². The van der Waals surface area contributed by atoms with Crippen LogP contribution in [-0.4, -0.2) is 46.6 Å². The average molecular weight is 470 g/mol. The molecule has 3 aromatic rings. The number of Topliss-reactive ketones (excluding diaryl/α,β-unsaturated/α-hetero) is 1. The van der Waals surface area contributed by atoms with E-state index in [1.165, 1.54) is 6.92 Å². The largest absolute Gasteiger partial charge is 0.348 e. The Morgan fingerprint density at radius 1 is 1.14 bits per heavy atom. The fourth-order valence-electron chi connectivity index (χ4n) is 4.79. The molecule has 2 N–H and O–H groups in total. The first-order valence-electron chi connectivity index (χ1n) is 12.2. The monoisotopic (exact) mass is 469 g/mol. The fraction of sp³-hybridized carbons (Fsp3) is 0.345. The van der Waals surface area contributed by atoms with Crippen molar-refractivity contribution in [1.29, 1.82) is 0 Å². The van der Waals surface area contributed by atoms with Gasteiger partial charge in [-0.1, -0.05) is 49.2 Å². The smallest absolute Gasteiger partial charge is 0.230 e. The summed E-state index contributed by atoms with van der Waals surface area (Å²) >= 11 is 0. The summed E-state index contributed by atoms with van der Waals surface area (Å²) in [6, 6.07) is 17.3. The molecule has 1 saturated heterocycles. The Bertz CT molecular complexity index is 1280. The fourth-order valence-corrected chi connectivity index (χ4v) is 4.79. The van der Waals surface area contributed by atoms with Crippen molar-refractivity contribution in [2.75, 3.05) is 13.1 Å². The molecule has 0 spiro atoms. The van der Waals surface area contributed by atoms with Crippen LogP contribution in [0.15, 0.2) is 54.6 Å². The number of fused-ring (bicyclic) bond motifs is 1. The van der Waals surface area contributed by atoms with Crippen LogP contribution in [0.2, 0.25) is 0 Å². The van der Waals surface area contributed by atoms with Crippen LogP contribution >= 0.6 is 0 Å². The number of rotatable bonds is 7. The number of aromatic nitrogens is 1. The first kappa shape index (κ1) is 24.3. The maximum Gasteiger partial charge on any atom is 0.230 e. The van der Waals surface area contributed by atoms with Crippen molar-refractivity contribution in [2.45, 2.75) is 51.5 Å². The Kier molecular flexibility index (Phi) is 7.67. The SMILES string of the molecule is CC[C@@H](C(=O)N1CCC[C@H]1C(=O)Cc1ccc2[nH]c(C#CCNC(C)=O)cc2c1)c1ccccc1. The van der Waals surface area contributed by atoms with Gasteiger partial charge in [0.1, 0.15) is 0 Å². The number of ketones is 1.